The number of hydrogen-bond donors (Lipinski definition) is 2. The van der Waals surface area contributed by atoms with E-state index in [2.05, 4.69) is 10.6 Å². The highest BCUT2D eigenvalue weighted by atomic mass is 32.1. The molecule has 2 fully saturated rings. The monoisotopic (exact) mass is 296 g/mol. The predicted molar refractivity (Wildman–Crippen MR) is 91.1 cm³/mol. The summed E-state index contributed by atoms with van der Waals surface area (Å²) in [5.41, 5.74) is 0. The second kappa shape index (κ2) is 9.59. The van der Waals surface area contributed by atoms with Crippen LogP contribution < -0.4 is 10.6 Å². The van der Waals surface area contributed by atoms with Crippen molar-refractivity contribution in [3.05, 3.63) is 0 Å². The van der Waals surface area contributed by atoms with Gasteiger partial charge in [-0.15, -0.1) is 0 Å². The lowest BCUT2D eigenvalue weighted by molar-refractivity contribution is 0.409. The first kappa shape index (κ1) is 16.1. The first-order valence-electron chi connectivity index (χ1n) is 8.91. The molecule has 2 aliphatic rings. The highest BCUT2D eigenvalue weighted by Crippen LogP contribution is 2.18. The average Bonchev–Trinajstić information content (AvgIpc) is 2.35. The minimum Gasteiger partial charge on any atom is -0.360 e. The van der Waals surface area contributed by atoms with Crippen LogP contribution in [0, 0.1) is 0 Å². The maximum absolute atomic E-state index is 5.55. The Morgan fingerprint density at radius 2 is 0.850 bits per heavy atom. The van der Waals surface area contributed by atoms with Crippen molar-refractivity contribution in [3.8, 4) is 0 Å². The topological polar surface area (TPSA) is 24.1 Å². The maximum Gasteiger partial charge on any atom is 0.166 e. The molecule has 0 aromatic carbocycles. The number of thiocarbonyl (C=S) groups is 1. The largest absolute Gasteiger partial charge is 0.360 e. The van der Waals surface area contributed by atoms with Gasteiger partial charge in [-0.2, -0.15) is 0 Å². The minimum absolute atomic E-state index is 0.615. The Labute approximate surface area is 130 Å². The van der Waals surface area contributed by atoms with E-state index in [4.69, 9.17) is 12.2 Å². The normalized spacial score (nSPS) is 24.0. The van der Waals surface area contributed by atoms with Crippen LogP contribution in [-0.4, -0.2) is 17.2 Å². The van der Waals surface area contributed by atoms with Crippen LogP contribution in [0.5, 0.6) is 0 Å². The van der Waals surface area contributed by atoms with Gasteiger partial charge in [0.15, 0.2) is 5.11 Å². The maximum atomic E-state index is 5.55. The van der Waals surface area contributed by atoms with Crippen LogP contribution in [0.15, 0.2) is 0 Å². The fraction of sp³-hybridized carbons (Fsp3) is 0.941. The molecule has 0 aromatic heterocycles. The van der Waals surface area contributed by atoms with E-state index in [1.165, 1.54) is 89.9 Å². The molecule has 0 radical (unpaired) electrons. The lowest BCUT2D eigenvalue weighted by Gasteiger charge is -2.26. The van der Waals surface area contributed by atoms with Crippen molar-refractivity contribution < 1.29 is 0 Å². The van der Waals surface area contributed by atoms with E-state index in [1.807, 2.05) is 0 Å². The van der Waals surface area contributed by atoms with Crippen LogP contribution >= 0.6 is 12.2 Å². The predicted octanol–water partition coefficient (Wildman–Crippen LogP) is 4.68. The summed E-state index contributed by atoms with van der Waals surface area (Å²) in [7, 11) is 0. The van der Waals surface area contributed by atoms with Gasteiger partial charge in [0.05, 0.1) is 0 Å². The standard InChI is InChI=1S/C17H32N2S/c20-17(18-15-11-7-3-1-4-8-12-15)19-16-13-9-5-2-6-10-14-16/h15-16H,1-14H2,(H2,18,19,20). The minimum atomic E-state index is 0.615. The van der Waals surface area contributed by atoms with Gasteiger partial charge in [-0.05, 0) is 37.9 Å². The van der Waals surface area contributed by atoms with E-state index in [0.29, 0.717) is 12.1 Å². The Morgan fingerprint density at radius 1 is 0.550 bits per heavy atom. The van der Waals surface area contributed by atoms with E-state index in [1.54, 1.807) is 0 Å². The zero-order chi connectivity index (χ0) is 14.0. The molecule has 0 saturated heterocycles. The summed E-state index contributed by atoms with van der Waals surface area (Å²) in [5.74, 6) is 0. The Hall–Kier alpha value is -0.310. The van der Waals surface area contributed by atoms with Gasteiger partial charge in [0, 0.05) is 12.1 Å². The second-order valence-electron chi connectivity index (χ2n) is 6.70. The highest BCUT2D eigenvalue weighted by molar-refractivity contribution is 7.80. The van der Waals surface area contributed by atoms with Crippen LogP contribution in [0.25, 0.3) is 0 Å². The Morgan fingerprint density at radius 3 is 1.20 bits per heavy atom. The third kappa shape index (κ3) is 6.43. The summed E-state index contributed by atoms with van der Waals surface area (Å²) in [6.07, 6.45) is 19.1. The van der Waals surface area contributed by atoms with E-state index in [9.17, 15) is 0 Å². The van der Waals surface area contributed by atoms with Crippen LogP contribution in [0.4, 0.5) is 0 Å². The molecule has 20 heavy (non-hydrogen) atoms. The molecule has 0 spiro atoms. The SMILES string of the molecule is S=C(NC1CCCCCCC1)NC1CCCCCCC1. The molecule has 0 aliphatic heterocycles. The molecule has 2 nitrogen and oxygen atoms in total. The van der Waals surface area contributed by atoms with Gasteiger partial charge >= 0.3 is 0 Å². The molecule has 0 aromatic rings. The Bertz CT molecular complexity index is 238. The second-order valence-corrected chi connectivity index (χ2v) is 7.11. The lowest BCUT2D eigenvalue weighted by Crippen LogP contribution is -2.46. The zero-order valence-corrected chi connectivity index (χ0v) is 13.8. The number of rotatable bonds is 2. The summed E-state index contributed by atoms with van der Waals surface area (Å²) < 4.78 is 0. The van der Waals surface area contributed by atoms with E-state index in [0.717, 1.165) is 5.11 Å². The fourth-order valence-corrected chi connectivity index (χ4v) is 3.95. The smallest absolute Gasteiger partial charge is 0.166 e. The molecule has 116 valence electrons. The molecule has 0 heterocycles. The molecule has 0 atom stereocenters. The molecular weight excluding hydrogens is 264 g/mol. The Balaban J connectivity index is 1.69. The molecule has 2 aliphatic carbocycles. The van der Waals surface area contributed by atoms with E-state index in [-0.39, 0.29) is 0 Å². The van der Waals surface area contributed by atoms with Gasteiger partial charge in [0.2, 0.25) is 0 Å². The highest BCUT2D eigenvalue weighted by Gasteiger charge is 2.15. The molecule has 0 bridgehead atoms. The first-order chi connectivity index (χ1) is 9.84. The van der Waals surface area contributed by atoms with Crippen molar-refractivity contribution in [2.24, 2.45) is 0 Å². The van der Waals surface area contributed by atoms with Gasteiger partial charge in [-0.25, -0.2) is 0 Å². The average molecular weight is 297 g/mol. The molecule has 2 N–H and O–H groups in total. The van der Waals surface area contributed by atoms with Gasteiger partial charge < -0.3 is 10.6 Å². The summed E-state index contributed by atoms with van der Waals surface area (Å²) >= 11 is 5.55. The van der Waals surface area contributed by atoms with E-state index < -0.39 is 0 Å². The van der Waals surface area contributed by atoms with Crippen LogP contribution in [0.1, 0.15) is 89.9 Å². The van der Waals surface area contributed by atoms with Crippen molar-refractivity contribution in [3.63, 3.8) is 0 Å². The van der Waals surface area contributed by atoms with E-state index >= 15 is 0 Å². The van der Waals surface area contributed by atoms with Gasteiger partial charge in [-0.1, -0.05) is 64.2 Å². The third-order valence-corrected chi connectivity index (χ3v) is 5.12. The summed E-state index contributed by atoms with van der Waals surface area (Å²) in [6, 6.07) is 1.23. The Kier molecular flexibility index (Phi) is 7.71. The van der Waals surface area contributed by atoms with Crippen molar-refractivity contribution in [1.29, 1.82) is 0 Å². The van der Waals surface area contributed by atoms with Crippen molar-refractivity contribution >= 4 is 17.3 Å². The molecule has 0 amide bonds. The van der Waals surface area contributed by atoms with Crippen molar-refractivity contribution in [2.75, 3.05) is 0 Å². The fourth-order valence-electron chi connectivity index (χ4n) is 3.61. The lowest BCUT2D eigenvalue weighted by atomic mass is 9.96. The molecule has 2 rings (SSSR count). The molecule has 2 saturated carbocycles. The van der Waals surface area contributed by atoms with Gasteiger partial charge in [0.25, 0.3) is 0 Å². The molecule has 3 heteroatoms. The van der Waals surface area contributed by atoms with Gasteiger partial charge in [-0.3, -0.25) is 0 Å². The third-order valence-electron chi connectivity index (χ3n) is 4.88. The summed E-state index contributed by atoms with van der Waals surface area (Å²) in [4.78, 5) is 0. The van der Waals surface area contributed by atoms with Crippen LogP contribution in [-0.2, 0) is 0 Å². The van der Waals surface area contributed by atoms with Gasteiger partial charge in [0.1, 0.15) is 0 Å². The number of hydrogen-bond acceptors (Lipinski definition) is 1. The summed E-state index contributed by atoms with van der Waals surface area (Å²) in [5, 5.41) is 8.10. The molecule has 0 unspecified atom stereocenters. The van der Waals surface area contributed by atoms with Crippen LogP contribution in [0.3, 0.4) is 0 Å². The van der Waals surface area contributed by atoms with Crippen molar-refractivity contribution in [1.82, 2.24) is 10.6 Å². The number of nitrogens with one attached hydrogen (secondary N) is 2. The van der Waals surface area contributed by atoms with Crippen molar-refractivity contribution in [2.45, 2.75) is 102 Å². The molecular formula is C17H32N2S. The quantitative estimate of drug-likeness (QED) is 0.724. The van der Waals surface area contributed by atoms with Crippen LogP contribution in [0.2, 0.25) is 0 Å². The summed E-state index contributed by atoms with van der Waals surface area (Å²) in [6.45, 7) is 0. The zero-order valence-electron chi connectivity index (χ0n) is 13.0. The first-order valence-corrected chi connectivity index (χ1v) is 9.32.